The maximum absolute atomic E-state index is 11.1. The van der Waals surface area contributed by atoms with Crippen molar-refractivity contribution in [3.05, 3.63) is 56.2 Å². The highest BCUT2D eigenvalue weighted by atomic mass is 79.9. The van der Waals surface area contributed by atoms with Crippen molar-refractivity contribution < 1.29 is 9.90 Å². The average Bonchev–Trinajstić information content (AvgIpc) is 2.80. The minimum absolute atomic E-state index is 0.390. The van der Waals surface area contributed by atoms with Gasteiger partial charge in [-0.1, -0.05) is 18.2 Å². The zero-order chi connectivity index (χ0) is 13.7. The fourth-order valence-corrected chi connectivity index (χ4v) is 3.29. The van der Waals surface area contributed by atoms with Gasteiger partial charge in [-0.2, -0.15) is 0 Å². The molecule has 0 fully saturated rings. The first kappa shape index (κ1) is 14.2. The van der Waals surface area contributed by atoms with Crippen molar-refractivity contribution in [2.24, 2.45) is 0 Å². The summed E-state index contributed by atoms with van der Waals surface area (Å²) in [6.45, 7) is 1.56. The first-order valence-corrected chi connectivity index (χ1v) is 7.59. The van der Waals surface area contributed by atoms with Crippen molar-refractivity contribution in [2.45, 2.75) is 13.0 Å². The van der Waals surface area contributed by atoms with Gasteiger partial charge in [-0.05, 0) is 52.0 Å². The van der Waals surface area contributed by atoms with Gasteiger partial charge in [-0.15, -0.1) is 11.3 Å². The van der Waals surface area contributed by atoms with E-state index in [1.807, 2.05) is 23.6 Å². The van der Waals surface area contributed by atoms with E-state index < -0.39 is 5.97 Å². The molecule has 1 aromatic heterocycles. The Hall–Kier alpha value is -1.17. The van der Waals surface area contributed by atoms with Crippen LogP contribution in [0.3, 0.4) is 0 Å². The van der Waals surface area contributed by atoms with E-state index in [1.165, 1.54) is 4.88 Å². The van der Waals surface area contributed by atoms with E-state index in [4.69, 9.17) is 5.11 Å². The first-order valence-electron chi connectivity index (χ1n) is 5.92. The number of thiophene rings is 1. The molecule has 100 valence electrons. The van der Waals surface area contributed by atoms with Crippen molar-refractivity contribution in [3.8, 4) is 0 Å². The van der Waals surface area contributed by atoms with Crippen LogP contribution in [-0.2, 0) is 13.0 Å². The van der Waals surface area contributed by atoms with Crippen LogP contribution >= 0.6 is 27.3 Å². The van der Waals surface area contributed by atoms with Crippen molar-refractivity contribution >= 4 is 33.2 Å². The van der Waals surface area contributed by atoms with Gasteiger partial charge in [0.15, 0.2) is 0 Å². The Kier molecular flexibility index (Phi) is 5.13. The van der Waals surface area contributed by atoms with Gasteiger partial charge >= 0.3 is 5.97 Å². The number of hydrogen-bond donors (Lipinski definition) is 2. The van der Waals surface area contributed by atoms with E-state index in [2.05, 4.69) is 21.2 Å². The van der Waals surface area contributed by atoms with Crippen LogP contribution in [-0.4, -0.2) is 17.6 Å². The lowest BCUT2D eigenvalue weighted by Crippen LogP contribution is -2.17. The Morgan fingerprint density at radius 2 is 2.11 bits per heavy atom. The Labute approximate surface area is 124 Å². The normalized spacial score (nSPS) is 10.6. The summed E-state index contributed by atoms with van der Waals surface area (Å²) in [7, 11) is 0. The topological polar surface area (TPSA) is 49.3 Å². The molecule has 2 rings (SSSR count). The summed E-state index contributed by atoms with van der Waals surface area (Å²) >= 11 is 5.19. The van der Waals surface area contributed by atoms with Crippen LogP contribution in [0, 0.1) is 0 Å². The fraction of sp³-hybridized carbons (Fsp3) is 0.214. The second kappa shape index (κ2) is 6.84. The van der Waals surface area contributed by atoms with Gasteiger partial charge in [0.1, 0.15) is 0 Å². The average molecular weight is 340 g/mol. The third-order valence-electron chi connectivity index (χ3n) is 2.80. The highest BCUT2D eigenvalue weighted by Crippen LogP contribution is 2.22. The third-order valence-corrected chi connectivity index (χ3v) is 4.72. The van der Waals surface area contributed by atoms with Gasteiger partial charge in [0.2, 0.25) is 0 Å². The van der Waals surface area contributed by atoms with Crippen LogP contribution in [0.15, 0.2) is 40.2 Å². The molecule has 0 aliphatic rings. The van der Waals surface area contributed by atoms with Crippen LogP contribution in [0.25, 0.3) is 0 Å². The number of carbonyl (C=O) groups is 1. The molecule has 0 aliphatic heterocycles. The first-order chi connectivity index (χ1) is 9.18. The van der Waals surface area contributed by atoms with E-state index in [1.54, 1.807) is 23.5 Å². The number of carboxylic acids is 1. The highest BCUT2D eigenvalue weighted by molar-refractivity contribution is 9.10. The van der Waals surface area contributed by atoms with Crippen LogP contribution < -0.4 is 5.32 Å². The molecule has 0 spiro atoms. The number of rotatable bonds is 6. The van der Waals surface area contributed by atoms with Crippen LogP contribution in [0.5, 0.6) is 0 Å². The van der Waals surface area contributed by atoms with Crippen molar-refractivity contribution in [1.82, 2.24) is 5.32 Å². The summed E-state index contributed by atoms with van der Waals surface area (Å²) in [6, 6.07) is 9.17. The molecule has 0 atom stereocenters. The highest BCUT2D eigenvalue weighted by Gasteiger charge is 2.08. The minimum Gasteiger partial charge on any atom is -0.478 e. The molecule has 5 heteroatoms. The minimum atomic E-state index is -0.864. The summed E-state index contributed by atoms with van der Waals surface area (Å²) in [5.41, 5.74) is 1.26. The number of hydrogen-bond acceptors (Lipinski definition) is 3. The number of nitrogens with one attached hydrogen (secondary N) is 1. The smallest absolute Gasteiger partial charge is 0.335 e. The van der Waals surface area contributed by atoms with Gasteiger partial charge in [0.25, 0.3) is 0 Å². The monoisotopic (exact) mass is 339 g/mol. The molecular formula is C14H14BrNO2S. The molecule has 0 saturated carbocycles. The number of benzene rings is 1. The summed E-state index contributed by atoms with van der Waals surface area (Å²) < 4.78 is 1.12. The Bertz CT molecular complexity index is 568. The molecule has 19 heavy (non-hydrogen) atoms. The predicted octanol–water partition coefficient (Wildman–Crippen LogP) is 3.54. The molecule has 1 heterocycles. The molecule has 2 aromatic rings. The third kappa shape index (κ3) is 3.89. The standard InChI is InChI=1S/C14H14BrNO2S/c15-12-6-8-19-13(12)9-16-7-5-10-3-1-2-4-11(10)14(17)18/h1-4,6,8,16H,5,7,9H2,(H,17,18). The molecule has 0 radical (unpaired) electrons. The SMILES string of the molecule is O=C(O)c1ccccc1CCNCc1sccc1Br. The van der Waals surface area contributed by atoms with Gasteiger partial charge in [0, 0.05) is 15.9 Å². The summed E-state index contributed by atoms with van der Waals surface area (Å²) in [5.74, 6) is -0.864. The van der Waals surface area contributed by atoms with Crippen molar-refractivity contribution in [2.75, 3.05) is 6.54 Å². The van der Waals surface area contributed by atoms with E-state index in [9.17, 15) is 4.79 Å². The molecule has 0 bridgehead atoms. The lowest BCUT2D eigenvalue weighted by Gasteiger charge is -2.07. The molecular weight excluding hydrogens is 326 g/mol. The van der Waals surface area contributed by atoms with Crippen LogP contribution in [0.4, 0.5) is 0 Å². The number of halogens is 1. The quantitative estimate of drug-likeness (QED) is 0.791. The predicted molar refractivity (Wildman–Crippen MR) is 80.8 cm³/mol. The molecule has 0 saturated heterocycles. The van der Waals surface area contributed by atoms with Gasteiger partial charge < -0.3 is 10.4 Å². The van der Waals surface area contributed by atoms with E-state index >= 15 is 0 Å². The number of carboxylic acid groups (broad SMARTS) is 1. The maximum atomic E-state index is 11.1. The fourth-order valence-electron chi connectivity index (χ4n) is 1.82. The van der Waals surface area contributed by atoms with Crippen molar-refractivity contribution in [1.29, 1.82) is 0 Å². The second-order valence-electron chi connectivity index (χ2n) is 4.08. The lowest BCUT2D eigenvalue weighted by atomic mass is 10.0. The summed E-state index contributed by atoms with van der Waals surface area (Å²) in [6.07, 6.45) is 0.714. The molecule has 3 nitrogen and oxygen atoms in total. The van der Waals surface area contributed by atoms with Gasteiger partial charge in [-0.25, -0.2) is 4.79 Å². The molecule has 2 N–H and O–H groups in total. The van der Waals surface area contributed by atoms with Gasteiger partial charge in [0.05, 0.1) is 5.56 Å². The number of aromatic carboxylic acids is 1. The zero-order valence-electron chi connectivity index (χ0n) is 10.2. The molecule has 0 aliphatic carbocycles. The summed E-state index contributed by atoms with van der Waals surface area (Å²) in [5, 5.41) is 14.5. The Morgan fingerprint density at radius 3 is 2.79 bits per heavy atom. The maximum Gasteiger partial charge on any atom is 0.335 e. The zero-order valence-corrected chi connectivity index (χ0v) is 12.6. The summed E-state index contributed by atoms with van der Waals surface area (Å²) in [4.78, 5) is 12.3. The van der Waals surface area contributed by atoms with Crippen molar-refractivity contribution in [3.63, 3.8) is 0 Å². The molecule has 1 aromatic carbocycles. The Morgan fingerprint density at radius 1 is 1.32 bits per heavy atom. The molecule has 0 unspecified atom stereocenters. The van der Waals surface area contributed by atoms with E-state index in [0.29, 0.717) is 12.0 Å². The van der Waals surface area contributed by atoms with Gasteiger partial charge in [-0.3, -0.25) is 0 Å². The lowest BCUT2D eigenvalue weighted by molar-refractivity contribution is 0.0695. The van der Waals surface area contributed by atoms with E-state index in [-0.39, 0.29) is 0 Å². The second-order valence-corrected chi connectivity index (χ2v) is 5.94. The molecule has 0 amide bonds. The van der Waals surface area contributed by atoms with Crippen LogP contribution in [0.1, 0.15) is 20.8 Å². The largest absolute Gasteiger partial charge is 0.478 e. The van der Waals surface area contributed by atoms with Crippen LogP contribution in [0.2, 0.25) is 0 Å². The Balaban J connectivity index is 1.86. The van der Waals surface area contributed by atoms with E-state index in [0.717, 1.165) is 23.1 Å².